The standard InChI is InChI=1S/C21H19N3OS/c1-13-10-14(2)23-21(19(13)12-22)26-15(3)20(25)24-18-9-8-16-6-4-5-7-17(16)11-18/h4-11,15H,1-3H3,(H,24,25). The van der Waals surface area contributed by atoms with Gasteiger partial charge in [-0.25, -0.2) is 4.98 Å². The molecule has 0 saturated heterocycles. The Bertz CT molecular complexity index is 1020. The molecule has 0 radical (unpaired) electrons. The van der Waals surface area contributed by atoms with E-state index in [2.05, 4.69) is 16.4 Å². The van der Waals surface area contributed by atoms with E-state index < -0.39 is 0 Å². The molecule has 1 amide bonds. The van der Waals surface area contributed by atoms with Crippen LogP contribution in [0.15, 0.2) is 53.6 Å². The predicted octanol–water partition coefficient (Wildman–Crippen LogP) is 4.84. The minimum absolute atomic E-state index is 0.116. The molecule has 2 aromatic carbocycles. The minimum Gasteiger partial charge on any atom is -0.325 e. The van der Waals surface area contributed by atoms with Crippen LogP contribution in [0.25, 0.3) is 10.8 Å². The molecule has 0 fully saturated rings. The average Bonchev–Trinajstić information content (AvgIpc) is 2.61. The molecule has 0 bridgehead atoms. The van der Waals surface area contributed by atoms with Crippen molar-refractivity contribution in [3.63, 3.8) is 0 Å². The average molecular weight is 361 g/mol. The van der Waals surface area contributed by atoms with Crippen LogP contribution in [0.2, 0.25) is 0 Å². The Morgan fingerprint density at radius 2 is 1.88 bits per heavy atom. The first-order valence-electron chi connectivity index (χ1n) is 8.32. The summed E-state index contributed by atoms with van der Waals surface area (Å²) in [6, 6.07) is 17.9. The van der Waals surface area contributed by atoms with Crippen molar-refractivity contribution in [1.82, 2.24) is 4.98 Å². The third-order valence-corrected chi connectivity index (χ3v) is 5.18. The second-order valence-electron chi connectivity index (χ2n) is 6.18. The zero-order valence-electron chi connectivity index (χ0n) is 14.9. The summed E-state index contributed by atoms with van der Waals surface area (Å²) in [5.74, 6) is -0.116. The molecule has 0 spiro atoms. The van der Waals surface area contributed by atoms with E-state index in [1.165, 1.54) is 11.8 Å². The van der Waals surface area contributed by atoms with E-state index in [0.29, 0.717) is 10.6 Å². The molecule has 4 nitrogen and oxygen atoms in total. The Morgan fingerprint density at radius 1 is 1.15 bits per heavy atom. The molecule has 26 heavy (non-hydrogen) atoms. The fraction of sp³-hybridized carbons (Fsp3) is 0.190. The molecule has 0 aliphatic rings. The Hall–Kier alpha value is -2.84. The third-order valence-electron chi connectivity index (χ3n) is 4.10. The number of nitrogens with one attached hydrogen (secondary N) is 1. The van der Waals surface area contributed by atoms with Crippen molar-refractivity contribution in [3.8, 4) is 6.07 Å². The Balaban J connectivity index is 1.77. The van der Waals surface area contributed by atoms with E-state index in [-0.39, 0.29) is 11.2 Å². The molecule has 1 unspecified atom stereocenters. The number of aromatic nitrogens is 1. The molecule has 1 N–H and O–H groups in total. The quantitative estimate of drug-likeness (QED) is 0.675. The van der Waals surface area contributed by atoms with Gasteiger partial charge in [0.15, 0.2) is 0 Å². The van der Waals surface area contributed by atoms with Gasteiger partial charge in [0.25, 0.3) is 0 Å². The van der Waals surface area contributed by atoms with Gasteiger partial charge in [0.2, 0.25) is 5.91 Å². The molecular formula is C21H19N3OS. The van der Waals surface area contributed by atoms with Gasteiger partial charge in [-0.3, -0.25) is 4.79 Å². The number of carbonyl (C=O) groups excluding carboxylic acids is 1. The number of aryl methyl sites for hydroxylation is 2. The number of carbonyl (C=O) groups is 1. The van der Waals surface area contributed by atoms with E-state index in [1.807, 2.05) is 69.3 Å². The van der Waals surface area contributed by atoms with E-state index in [0.717, 1.165) is 27.7 Å². The van der Waals surface area contributed by atoms with Crippen molar-refractivity contribution >= 4 is 34.1 Å². The van der Waals surface area contributed by atoms with Crippen LogP contribution in [0.1, 0.15) is 23.7 Å². The van der Waals surface area contributed by atoms with Gasteiger partial charge in [-0.15, -0.1) is 0 Å². The molecule has 3 rings (SSSR count). The van der Waals surface area contributed by atoms with Gasteiger partial charge >= 0.3 is 0 Å². The predicted molar refractivity (Wildman–Crippen MR) is 106 cm³/mol. The second-order valence-corrected chi connectivity index (χ2v) is 7.51. The van der Waals surface area contributed by atoms with Gasteiger partial charge in [-0.1, -0.05) is 42.1 Å². The van der Waals surface area contributed by atoms with Gasteiger partial charge in [-0.05, 0) is 55.3 Å². The van der Waals surface area contributed by atoms with Crippen molar-refractivity contribution in [2.75, 3.05) is 5.32 Å². The maximum atomic E-state index is 12.6. The smallest absolute Gasteiger partial charge is 0.237 e. The molecule has 1 heterocycles. The van der Waals surface area contributed by atoms with Crippen LogP contribution in [0.3, 0.4) is 0 Å². The van der Waals surface area contributed by atoms with Gasteiger partial charge in [-0.2, -0.15) is 5.26 Å². The first-order valence-corrected chi connectivity index (χ1v) is 9.20. The van der Waals surface area contributed by atoms with Gasteiger partial charge in [0.1, 0.15) is 11.1 Å². The van der Waals surface area contributed by atoms with Crippen molar-refractivity contribution in [3.05, 3.63) is 65.4 Å². The monoisotopic (exact) mass is 361 g/mol. The number of hydrogen-bond acceptors (Lipinski definition) is 4. The zero-order chi connectivity index (χ0) is 18.7. The molecule has 0 aliphatic heterocycles. The Kier molecular flexibility index (Phi) is 5.24. The van der Waals surface area contributed by atoms with E-state index in [1.54, 1.807) is 0 Å². The first kappa shape index (κ1) is 18.0. The van der Waals surface area contributed by atoms with Crippen molar-refractivity contribution in [2.24, 2.45) is 0 Å². The minimum atomic E-state index is -0.373. The highest BCUT2D eigenvalue weighted by Gasteiger charge is 2.19. The summed E-state index contributed by atoms with van der Waals surface area (Å²) in [6.07, 6.45) is 0. The maximum Gasteiger partial charge on any atom is 0.237 e. The first-order chi connectivity index (χ1) is 12.5. The third kappa shape index (κ3) is 3.87. The summed E-state index contributed by atoms with van der Waals surface area (Å²) < 4.78 is 0. The fourth-order valence-corrected chi connectivity index (χ4v) is 3.78. The van der Waals surface area contributed by atoms with Crippen LogP contribution >= 0.6 is 11.8 Å². The van der Waals surface area contributed by atoms with E-state index in [9.17, 15) is 10.1 Å². The number of nitrogens with zero attached hydrogens (tertiary/aromatic N) is 2. The van der Waals surface area contributed by atoms with Crippen LogP contribution < -0.4 is 5.32 Å². The number of hydrogen-bond donors (Lipinski definition) is 1. The number of anilines is 1. The number of amides is 1. The topological polar surface area (TPSA) is 65.8 Å². The van der Waals surface area contributed by atoms with Crippen molar-refractivity contribution in [1.29, 1.82) is 5.26 Å². The normalized spacial score (nSPS) is 11.8. The lowest BCUT2D eigenvalue weighted by Gasteiger charge is -2.14. The van der Waals surface area contributed by atoms with Crippen molar-refractivity contribution < 1.29 is 4.79 Å². The Labute approximate surface area is 157 Å². The molecular weight excluding hydrogens is 342 g/mol. The van der Waals surface area contributed by atoms with Gasteiger partial charge in [0, 0.05) is 11.4 Å². The number of nitriles is 1. The number of pyridine rings is 1. The number of rotatable bonds is 4. The van der Waals surface area contributed by atoms with Crippen molar-refractivity contribution in [2.45, 2.75) is 31.0 Å². The van der Waals surface area contributed by atoms with Crippen LogP contribution in [-0.2, 0) is 4.79 Å². The molecule has 1 aromatic heterocycles. The summed E-state index contributed by atoms with van der Waals surface area (Å²) in [4.78, 5) is 17.0. The molecule has 5 heteroatoms. The lowest BCUT2D eigenvalue weighted by atomic mass is 10.1. The second kappa shape index (κ2) is 7.59. The largest absolute Gasteiger partial charge is 0.325 e. The number of thioether (sulfide) groups is 1. The SMILES string of the molecule is Cc1cc(C)c(C#N)c(SC(C)C(=O)Nc2ccc3ccccc3c2)n1. The fourth-order valence-electron chi connectivity index (χ4n) is 2.76. The Morgan fingerprint density at radius 3 is 2.62 bits per heavy atom. The van der Waals surface area contributed by atoms with Crippen LogP contribution in [-0.4, -0.2) is 16.1 Å². The summed E-state index contributed by atoms with van der Waals surface area (Å²) in [5, 5.41) is 14.8. The summed E-state index contributed by atoms with van der Waals surface area (Å²) in [7, 11) is 0. The van der Waals surface area contributed by atoms with Gasteiger partial charge < -0.3 is 5.32 Å². The van der Waals surface area contributed by atoms with Gasteiger partial charge in [0.05, 0.1) is 10.8 Å². The maximum absolute atomic E-state index is 12.6. The van der Waals surface area contributed by atoms with Crippen LogP contribution in [0, 0.1) is 25.2 Å². The molecule has 0 saturated carbocycles. The number of fused-ring (bicyclic) bond motifs is 1. The molecule has 3 aromatic rings. The summed E-state index contributed by atoms with van der Waals surface area (Å²) in [6.45, 7) is 5.59. The highest BCUT2D eigenvalue weighted by molar-refractivity contribution is 8.00. The summed E-state index contributed by atoms with van der Waals surface area (Å²) >= 11 is 1.31. The van der Waals surface area contributed by atoms with E-state index in [4.69, 9.17) is 0 Å². The number of benzene rings is 2. The van der Waals surface area contributed by atoms with E-state index >= 15 is 0 Å². The zero-order valence-corrected chi connectivity index (χ0v) is 15.7. The highest BCUT2D eigenvalue weighted by atomic mass is 32.2. The summed E-state index contributed by atoms with van der Waals surface area (Å²) in [5.41, 5.74) is 3.01. The molecule has 130 valence electrons. The highest BCUT2D eigenvalue weighted by Crippen LogP contribution is 2.28. The van der Waals surface area contributed by atoms with Crippen LogP contribution in [0.4, 0.5) is 5.69 Å². The molecule has 1 atom stereocenters. The van der Waals surface area contributed by atoms with Crippen LogP contribution in [0.5, 0.6) is 0 Å². The lowest BCUT2D eigenvalue weighted by molar-refractivity contribution is -0.115. The molecule has 0 aliphatic carbocycles. The lowest BCUT2D eigenvalue weighted by Crippen LogP contribution is -2.22.